The number of ketones is 1. The van der Waals surface area contributed by atoms with Crippen molar-refractivity contribution in [2.75, 3.05) is 0 Å². The number of Topliss-reactive ketones (excluding diaryl/α,β-unsaturated/α-hetero) is 1. The predicted molar refractivity (Wildman–Crippen MR) is 60.9 cm³/mol. The molecule has 1 aromatic carbocycles. The second-order valence-electron chi connectivity index (χ2n) is 4.50. The quantitative estimate of drug-likeness (QED) is 0.822. The van der Waals surface area contributed by atoms with Crippen molar-refractivity contribution in [2.24, 2.45) is 5.41 Å². The zero-order valence-corrected chi connectivity index (χ0v) is 9.58. The molecule has 0 bridgehead atoms. The zero-order valence-electron chi connectivity index (χ0n) is 9.58. The van der Waals surface area contributed by atoms with Gasteiger partial charge in [-0.25, -0.2) is 0 Å². The van der Waals surface area contributed by atoms with Gasteiger partial charge in [0.05, 0.1) is 0 Å². The van der Waals surface area contributed by atoms with Gasteiger partial charge in [-0.15, -0.1) is 0 Å². The number of carbonyl (C=O) groups is 1. The number of hydrogen-bond acceptors (Lipinski definition) is 2. The zero-order chi connectivity index (χ0) is 11.5. The van der Waals surface area contributed by atoms with Crippen LogP contribution in [0.25, 0.3) is 0 Å². The summed E-state index contributed by atoms with van der Waals surface area (Å²) in [5.41, 5.74) is 0.706. The third kappa shape index (κ3) is 3.08. The van der Waals surface area contributed by atoms with E-state index in [-0.39, 0.29) is 16.9 Å². The Morgan fingerprint density at radius 3 is 2.27 bits per heavy atom. The summed E-state index contributed by atoms with van der Waals surface area (Å²) in [6.07, 6.45) is 1.30. The molecule has 0 aliphatic carbocycles. The lowest BCUT2D eigenvalue weighted by Gasteiger charge is -2.20. The highest BCUT2D eigenvalue weighted by molar-refractivity contribution is 5.86. The van der Waals surface area contributed by atoms with Gasteiger partial charge in [0.2, 0.25) is 0 Å². The van der Waals surface area contributed by atoms with Gasteiger partial charge in [0.25, 0.3) is 0 Å². The minimum atomic E-state index is -0.252. The number of rotatable bonds is 4. The van der Waals surface area contributed by atoms with E-state index in [2.05, 4.69) is 0 Å². The van der Waals surface area contributed by atoms with E-state index >= 15 is 0 Å². The highest BCUT2D eigenvalue weighted by Gasteiger charge is 2.24. The van der Waals surface area contributed by atoms with Crippen LogP contribution in [0, 0.1) is 5.41 Å². The number of benzene rings is 1. The third-order valence-corrected chi connectivity index (χ3v) is 2.94. The lowest BCUT2D eigenvalue weighted by Crippen LogP contribution is -2.24. The van der Waals surface area contributed by atoms with Gasteiger partial charge in [0.1, 0.15) is 11.5 Å². The summed E-state index contributed by atoms with van der Waals surface area (Å²) < 4.78 is 0. The normalized spacial score (nSPS) is 11.4. The molecule has 0 atom stereocenters. The standard InChI is InChI=1S/C13H18O2/c1-4-13(2,3)12(15)9-10-5-7-11(14)8-6-10/h5-8,14H,4,9H2,1-3H3. The largest absolute Gasteiger partial charge is 0.508 e. The van der Waals surface area contributed by atoms with E-state index in [0.29, 0.717) is 6.42 Å². The molecule has 0 aliphatic heterocycles. The summed E-state index contributed by atoms with van der Waals surface area (Å²) in [4.78, 5) is 11.9. The summed E-state index contributed by atoms with van der Waals surface area (Å²) in [5.74, 6) is 0.483. The second-order valence-corrected chi connectivity index (χ2v) is 4.50. The van der Waals surface area contributed by atoms with E-state index in [1.54, 1.807) is 24.3 Å². The van der Waals surface area contributed by atoms with E-state index in [4.69, 9.17) is 5.11 Å². The highest BCUT2D eigenvalue weighted by atomic mass is 16.3. The van der Waals surface area contributed by atoms with Crippen LogP contribution in [0.15, 0.2) is 24.3 Å². The fourth-order valence-electron chi connectivity index (χ4n) is 1.24. The Hall–Kier alpha value is -1.31. The summed E-state index contributed by atoms with van der Waals surface area (Å²) in [5, 5.41) is 9.11. The van der Waals surface area contributed by atoms with Gasteiger partial charge in [-0.05, 0) is 24.1 Å². The molecule has 0 fully saturated rings. The third-order valence-electron chi connectivity index (χ3n) is 2.94. The van der Waals surface area contributed by atoms with Gasteiger partial charge in [0.15, 0.2) is 0 Å². The molecule has 0 heterocycles. The number of carbonyl (C=O) groups excluding carboxylic acids is 1. The molecule has 0 amide bonds. The van der Waals surface area contributed by atoms with Gasteiger partial charge < -0.3 is 5.11 Å². The van der Waals surface area contributed by atoms with Crippen LogP contribution in [0.3, 0.4) is 0 Å². The van der Waals surface area contributed by atoms with Crippen LogP contribution >= 0.6 is 0 Å². The Morgan fingerprint density at radius 2 is 1.80 bits per heavy atom. The Kier molecular flexibility index (Phi) is 3.51. The van der Waals surface area contributed by atoms with Crippen molar-refractivity contribution in [3.8, 4) is 5.75 Å². The van der Waals surface area contributed by atoms with Crippen molar-refractivity contribution in [2.45, 2.75) is 33.6 Å². The van der Waals surface area contributed by atoms with E-state index in [9.17, 15) is 4.79 Å². The van der Waals surface area contributed by atoms with Crippen LogP contribution < -0.4 is 0 Å². The molecule has 0 radical (unpaired) electrons. The second kappa shape index (κ2) is 4.47. The maximum atomic E-state index is 11.9. The Morgan fingerprint density at radius 1 is 1.27 bits per heavy atom. The van der Waals surface area contributed by atoms with Crippen molar-refractivity contribution in [1.82, 2.24) is 0 Å². The minimum absolute atomic E-state index is 0.237. The Balaban J connectivity index is 2.71. The summed E-state index contributed by atoms with van der Waals surface area (Å²) in [6, 6.07) is 6.81. The average molecular weight is 206 g/mol. The average Bonchev–Trinajstić information content (AvgIpc) is 2.21. The molecule has 1 N–H and O–H groups in total. The van der Waals surface area contributed by atoms with Crippen LogP contribution in [0.5, 0.6) is 5.75 Å². The van der Waals surface area contributed by atoms with Crippen LogP contribution in [0.4, 0.5) is 0 Å². The predicted octanol–water partition coefficient (Wildman–Crippen LogP) is 2.94. The lowest BCUT2D eigenvalue weighted by molar-refractivity contribution is -0.126. The Bertz CT molecular complexity index is 336. The van der Waals surface area contributed by atoms with Crippen molar-refractivity contribution in [1.29, 1.82) is 0 Å². The first-order chi connectivity index (χ1) is 6.95. The molecule has 82 valence electrons. The maximum absolute atomic E-state index is 11.9. The maximum Gasteiger partial charge on any atom is 0.142 e. The SMILES string of the molecule is CCC(C)(C)C(=O)Cc1ccc(O)cc1. The molecule has 15 heavy (non-hydrogen) atoms. The van der Waals surface area contributed by atoms with E-state index in [1.165, 1.54) is 0 Å². The number of aromatic hydroxyl groups is 1. The smallest absolute Gasteiger partial charge is 0.142 e. The van der Waals surface area contributed by atoms with Crippen LogP contribution in [0.2, 0.25) is 0 Å². The first-order valence-corrected chi connectivity index (χ1v) is 5.27. The highest BCUT2D eigenvalue weighted by Crippen LogP contribution is 2.23. The van der Waals surface area contributed by atoms with Gasteiger partial charge in [-0.1, -0.05) is 32.9 Å². The topological polar surface area (TPSA) is 37.3 Å². The molecule has 0 unspecified atom stereocenters. The fraction of sp³-hybridized carbons (Fsp3) is 0.462. The fourth-order valence-corrected chi connectivity index (χ4v) is 1.24. The minimum Gasteiger partial charge on any atom is -0.508 e. The summed E-state index contributed by atoms with van der Waals surface area (Å²) in [7, 11) is 0. The molecule has 2 nitrogen and oxygen atoms in total. The first kappa shape index (κ1) is 11.8. The summed E-state index contributed by atoms with van der Waals surface area (Å²) >= 11 is 0. The number of phenolic OH excluding ortho intramolecular Hbond substituents is 1. The molecule has 1 aromatic rings. The molecule has 0 saturated carbocycles. The molecule has 0 aliphatic rings. The summed E-state index contributed by atoms with van der Waals surface area (Å²) in [6.45, 7) is 5.96. The van der Waals surface area contributed by atoms with Gasteiger partial charge in [-0.2, -0.15) is 0 Å². The van der Waals surface area contributed by atoms with Crippen molar-refractivity contribution < 1.29 is 9.90 Å². The molecular weight excluding hydrogens is 188 g/mol. The van der Waals surface area contributed by atoms with E-state index in [1.807, 2.05) is 20.8 Å². The van der Waals surface area contributed by atoms with Crippen LogP contribution in [-0.4, -0.2) is 10.9 Å². The van der Waals surface area contributed by atoms with Gasteiger partial charge in [0, 0.05) is 11.8 Å². The van der Waals surface area contributed by atoms with E-state index < -0.39 is 0 Å². The molecular formula is C13H18O2. The lowest BCUT2D eigenvalue weighted by atomic mass is 9.82. The molecule has 0 saturated heterocycles. The van der Waals surface area contributed by atoms with Gasteiger partial charge in [-0.3, -0.25) is 4.79 Å². The van der Waals surface area contributed by atoms with Gasteiger partial charge >= 0.3 is 0 Å². The monoisotopic (exact) mass is 206 g/mol. The van der Waals surface area contributed by atoms with Crippen molar-refractivity contribution in [3.05, 3.63) is 29.8 Å². The Labute approximate surface area is 90.9 Å². The molecule has 0 aromatic heterocycles. The van der Waals surface area contributed by atoms with Crippen LogP contribution in [-0.2, 0) is 11.2 Å². The number of phenols is 1. The number of hydrogen-bond donors (Lipinski definition) is 1. The van der Waals surface area contributed by atoms with Crippen molar-refractivity contribution in [3.63, 3.8) is 0 Å². The van der Waals surface area contributed by atoms with Crippen molar-refractivity contribution >= 4 is 5.78 Å². The molecule has 2 heteroatoms. The molecule has 0 spiro atoms. The first-order valence-electron chi connectivity index (χ1n) is 5.27. The molecule has 1 rings (SSSR count). The van der Waals surface area contributed by atoms with E-state index in [0.717, 1.165) is 12.0 Å². The van der Waals surface area contributed by atoms with Crippen LogP contribution in [0.1, 0.15) is 32.8 Å².